The maximum absolute atomic E-state index is 13.2. The van der Waals surface area contributed by atoms with Crippen LogP contribution in [0.5, 0.6) is 0 Å². The monoisotopic (exact) mass is 471 g/mol. The number of H-pyrrole nitrogens is 1. The molecule has 0 atom stereocenters. The molecule has 2 aromatic heterocycles. The molecule has 2 aliphatic rings. The van der Waals surface area contributed by atoms with Crippen LogP contribution in [0.3, 0.4) is 0 Å². The van der Waals surface area contributed by atoms with E-state index in [2.05, 4.69) is 19.8 Å². The Morgan fingerprint density at radius 2 is 1.76 bits per heavy atom. The minimum atomic E-state index is -0.288. The number of nitrogens with zero attached hydrogens (tertiary/aromatic N) is 4. The van der Waals surface area contributed by atoms with E-state index < -0.39 is 0 Å². The zero-order valence-corrected chi connectivity index (χ0v) is 19.1. The first kappa shape index (κ1) is 22.1. The molecule has 5 rings (SSSR count). The molecule has 0 aliphatic carbocycles. The van der Waals surface area contributed by atoms with Gasteiger partial charge in [-0.15, -0.1) is 11.3 Å². The number of amides is 1. The van der Waals surface area contributed by atoms with Gasteiger partial charge in [0.05, 0.1) is 31.8 Å². The largest absolute Gasteiger partial charge is 0.378 e. The van der Waals surface area contributed by atoms with Crippen LogP contribution in [0, 0.1) is 5.82 Å². The molecular formula is C23H26FN5O3S. The SMILES string of the molecule is O=C(CN1CCN(Cc2nc3cc(-c4ccc(F)cc4)sc3c(=O)[nH]2)CC1)N1CCOCC1. The van der Waals surface area contributed by atoms with Crippen molar-refractivity contribution in [2.45, 2.75) is 6.54 Å². The third-order valence-electron chi connectivity index (χ3n) is 6.12. The second-order valence-corrected chi connectivity index (χ2v) is 9.44. The number of benzene rings is 1. The molecule has 2 fully saturated rings. The zero-order valence-electron chi connectivity index (χ0n) is 18.3. The summed E-state index contributed by atoms with van der Waals surface area (Å²) in [5, 5.41) is 0. The lowest BCUT2D eigenvalue weighted by Gasteiger charge is -2.35. The molecule has 0 spiro atoms. The Morgan fingerprint density at radius 1 is 1.06 bits per heavy atom. The van der Waals surface area contributed by atoms with Crippen LogP contribution >= 0.6 is 11.3 Å². The fourth-order valence-corrected chi connectivity index (χ4v) is 5.24. The number of thiophene rings is 1. The summed E-state index contributed by atoms with van der Waals surface area (Å²) in [5.74, 6) is 0.509. The zero-order chi connectivity index (χ0) is 22.8. The fraction of sp³-hybridized carbons (Fsp3) is 0.435. The number of fused-ring (bicyclic) bond motifs is 1. The summed E-state index contributed by atoms with van der Waals surface area (Å²) in [7, 11) is 0. The number of halogens is 1. The average Bonchev–Trinajstić information content (AvgIpc) is 3.26. The Balaban J connectivity index is 1.20. The first-order chi connectivity index (χ1) is 16.0. The summed E-state index contributed by atoms with van der Waals surface area (Å²) >= 11 is 1.36. The fourth-order valence-electron chi connectivity index (χ4n) is 4.24. The smallest absolute Gasteiger partial charge is 0.268 e. The lowest BCUT2D eigenvalue weighted by Crippen LogP contribution is -2.51. The molecule has 4 heterocycles. The number of morpholine rings is 1. The van der Waals surface area contributed by atoms with Crippen molar-refractivity contribution in [3.05, 3.63) is 52.3 Å². The van der Waals surface area contributed by atoms with Crippen LogP contribution in [0.1, 0.15) is 5.82 Å². The molecule has 3 aromatic rings. The van der Waals surface area contributed by atoms with Crippen LogP contribution in [0.25, 0.3) is 20.7 Å². The molecule has 0 saturated carbocycles. The average molecular weight is 472 g/mol. The van der Waals surface area contributed by atoms with Gasteiger partial charge in [0.15, 0.2) is 0 Å². The van der Waals surface area contributed by atoms with E-state index >= 15 is 0 Å². The quantitative estimate of drug-likeness (QED) is 0.611. The van der Waals surface area contributed by atoms with E-state index in [9.17, 15) is 14.0 Å². The van der Waals surface area contributed by atoms with E-state index in [0.717, 1.165) is 36.6 Å². The van der Waals surface area contributed by atoms with Gasteiger partial charge in [-0.05, 0) is 23.8 Å². The molecule has 174 valence electrons. The Kier molecular flexibility index (Phi) is 6.50. The minimum Gasteiger partial charge on any atom is -0.378 e. The highest BCUT2D eigenvalue weighted by Crippen LogP contribution is 2.31. The maximum Gasteiger partial charge on any atom is 0.268 e. The molecule has 0 unspecified atom stereocenters. The van der Waals surface area contributed by atoms with Gasteiger partial charge in [-0.1, -0.05) is 12.1 Å². The van der Waals surface area contributed by atoms with Crippen molar-refractivity contribution in [1.29, 1.82) is 0 Å². The standard InChI is InChI=1S/C23H26FN5O3S/c24-17-3-1-16(2-4-17)19-13-18-22(33-19)23(31)26-20(25-18)14-27-5-7-28(8-6-27)15-21(30)29-9-11-32-12-10-29/h1-4,13H,5-12,14-15H2,(H,25,26,31). The van der Waals surface area contributed by atoms with Crippen LogP contribution in [0.4, 0.5) is 4.39 Å². The normalized spacial score (nSPS) is 18.2. The number of rotatable bonds is 5. The lowest BCUT2D eigenvalue weighted by atomic mass is 10.2. The number of ether oxygens (including phenoxy) is 1. The van der Waals surface area contributed by atoms with E-state index in [4.69, 9.17) is 4.74 Å². The minimum absolute atomic E-state index is 0.150. The van der Waals surface area contributed by atoms with E-state index in [1.807, 2.05) is 11.0 Å². The lowest BCUT2D eigenvalue weighted by molar-refractivity contribution is -0.136. The van der Waals surface area contributed by atoms with Gasteiger partial charge < -0.3 is 14.6 Å². The summed E-state index contributed by atoms with van der Waals surface area (Å²) in [6.45, 7) is 6.79. The van der Waals surface area contributed by atoms with E-state index in [0.29, 0.717) is 55.4 Å². The summed E-state index contributed by atoms with van der Waals surface area (Å²) in [5.41, 5.74) is 1.37. The molecule has 33 heavy (non-hydrogen) atoms. The molecule has 0 radical (unpaired) electrons. The molecular weight excluding hydrogens is 445 g/mol. The van der Waals surface area contributed by atoms with E-state index in [1.165, 1.54) is 23.5 Å². The number of carbonyl (C=O) groups excluding carboxylic acids is 1. The number of aromatic amines is 1. The predicted octanol–water partition coefficient (Wildman–Crippen LogP) is 1.77. The summed E-state index contributed by atoms with van der Waals surface area (Å²) in [6.07, 6.45) is 0. The highest BCUT2D eigenvalue weighted by Gasteiger charge is 2.23. The van der Waals surface area contributed by atoms with Gasteiger partial charge in [0.2, 0.25) is 5.91 Å². The van der Waals surface area contributed by atoms with Gasteiger partial charge >= 0.3 is 0 Å². The third kappa shape index (κ3) is 5.14. The molecule has 8 nitrogen and oxygen atoms in total. The van der Waals surface area contributed by atoms with Crippen molar-refractivity contribution in [2.24, 2.45) is 0 Å². The van der Waals surface area contributed by atoms with E-state index in [1.54, 1.807) is 12.1 Å². The van der Waals surface area contributed by atoms with Gasteiger partial charge in [-0.3, -0.25) is 19.4 Å². The molecule has 1 amide bonds. The van der Waals surface area contributed by atoms with Gasteiger partial charge in [0, 0.05) is 44.1 Å². The Morgan fingerprint density at radius 3 is 2.48 bits per heavy atom. The first-order valence-electron chi connectivity index (χ1n) is 11.1. The molecule has 2 saturated heterocycles. The summed E-state index contributed by atoms with van der Waals surface area (Å²) in [4.78, 5) is 39.9. The molecule has 0 bridgehead atoms. The predicted molar refractivity (Wildman–Crippen MR) is 125 cm³/mol. The summed E-state index contributed by atoms with van der Waals surface area (Å²) < 4.78 is 19.1. The van der Waals surface area contributed by atoms with Crippen LogP contribution in [-0.4, -0.2) is 89.6 Å². The van der Waals surface area contributed by atoms with Gasteiger partial charge in [0.25, 0.3) is 5.56 Å². The van der Waals surface area contributed by atoms with Gasteiger partial charge in [-0.2, -0.15) is 0 Å². The third-order valence-corrected chi connectivity index (χ3v) is 7.29. The topological polar surface area (TPSA) is 81.8 Å². The summed E-state index contributed by atoms with van der Waals surface area (Å²) in [6, 6.07) is 8.13. The maximum atomic E-state index is 13.2. The van der Waals surface area contributed by atoms with Crippen LogP contribution in [0.15, 0.2) is 35.1 Å². The second kappa shape index (κ2) is 9.68. The highest BCUT2D eigenvalue weighted by molar-refractivity contribution is 7.22. The molecule has 10 heteroatoms. The number of carbonyl (C=O) groups is 1. The van der Waals surface area contributed by atoms with Crippen molar-refractivity contribution in [3.8, 4) is 10.4 Å². The van der Waals surface area contributed by atoms with Crippen LogP contribution in [0.2, 0.25) is 0 Å². The second-order valence-electron chi connectivity index (χ2n) is 8.39. The van der Waals surface area contributed by atoms with Crippen LogP contribution in [-0.2, 0) is 16.1 Å². The van der Waals surface area contributed by atoms with Crippen LogP contribution < -0.4 is 5.56 Å². The molecule has 1 aromatic carbocycles. The molecule has 2 aliphatic heterocycles. The van der Waals surface area contributed by atoms with Crippen molar-refractivity contribution < 1.29 is 13.9 Å². The van der Waals surface area contributed by atoms with Gasteiger partial charge in [0.1, 0.15) is 16.3 Å². The number of hydrogen-bond acceptors (Lipinski definition) is 7. The Hall–Kier alpha value is -2.66. The highest BCUT2D eigenvalue weighted by atomic mass is 32.1. The Labute approximate surface area is 194 Å². The Bertz CT molecular complexity index is 1180. The number of piperazine rings is 1. The van der Waals surface area contributed by atoms with Crippen molar-refractivity contribution in [2.75, 3.05) is 59.0 Å². The molecule has 1 N–H and O–H groups in total. The van der Waals surface area contributed by atoms with Gasteiger partial charge in [-0.25, -0.2) is 9.37 Å². The number of hydrogen-bond donors (Lipinski definition) is 1. The number of nitrogens with one attached hydrogen (secondary N) is 1. The van der Waals surface area contributed by atoms with Crippen molar-refractivity contribution in [1.82, 2.24) is 24.7 Å². The number of aromatic nitrogens is 2. The first-order valence-corrected chi connectivity index (χ1v) is 12.0. The van der Waals surface area contributed by atoms with E-state index in [-0.39, 0.29) is 17.3 Å². The van der Waals surface area contributed by atoms with Crippen molar-refractivity contribution in [3.63, 3.8) is 0 Å². The van der Waals surface area contributed by atoms with Crippen molar-refractivity contribution >= 4 is 27.5 Å².